The van der Waals surface area contributed by atoms with E-state index in [0.717, 1.165) is 5.56 Å². The molecule has 94 valence electrons. The molecule has 1 aliphatic rings. The fraction of sp³-hybridized carbons (Fsp3) is 0.500. The molecule has 1 aromatic rings. The smallest absolute Gasteiger partial charge is 0.323 e. The van der Waals surface area contributed by atoms with Gasteiger partial charge in [0.2, 0.25) is 0 Å². The maximum atomic E-state index is 11.7. The first-order chi connectivity index (χ1) is 8.10. The van der Waals surface area contributed by atoms with Crippen LogP contribution in [-0.2, 0) is 20.3 Å². The summed E-state index contributed by atoms with van der Waals surface area (Å²) < 4.78 is 17.1. The van der Waals surface area contributed by atoms with E-state index in [9.17, 15) is 9.00 Å². The Labute approximate surface area is 111 Å². The van der Waals surface area contributed by atoms with Gasteiger partial charge in [0, 0.05) is 28.3 Å². The number of nitrogens with one attached hydrogen (secondary N) is 1. The van der Waals surface area contributed by atoms with Crippen LogP contribution >= 0.6 is 22.9 Å². The summed E-state index contributed by atoms with van der Waals surface area (Å²) in [7, 11) is 0.316. The summed E-state index contributed by atoms with van der Waals surface area (Å²) in [6.07, 6.45) is 0. The largest absolute Gasteiger partial charge is 0.468 e. The minimum Gasteiger partial charge on any atom is -0.468 e. The molecule has 1 aliphatic heterocycles. The van der Waals surface area contributed by atoms with Gasteiger partial charge in [0.25, 0.3) is 0 Å². The second kappa shape index (κ2) is 5.48. The first kappa shape index (κ1) is 13.0. The fourth-order valence-electron chi connectivity index (χ4n) is 1.76. The molecule has 0 radical (unpaired) electrons. The SMILES string of the molecule is COC(=O)C1CS(=O)CC(c2csc(Cl)c2)N1. The minimum atomic E-state index is -1.02. The van der Waals surface area contributed by atoms with Crippen LogP contribution in [0.15, 0.2) is 11.4 Å². The molecule has 7 heteroatoms. The lowest BCUT2D eigenvalue weighted by Crippen LogP contribution is -2.49. The van der Waals surface area contributed by atoms with Crippen LogP contribution in [0.1, 0.15) is 11.6 Å². The topological polar surface area (TPSA) is 55.4 Å². The first-order valence-electron chi connectivity index (χ1n) is 5.03. The van der Waals surface area contributed by atoms with E-state index in [2.05, 4.69) is 10.1 Å². The Bertz CT molecular complexity index is 449. The summed E-state index contributed by atoms with van der Waals surface area (Å²) in [4.78, 5) is 11.5. The van der Waals surface area contributed by atoms with Crippen molar-refractivity contribution in [2.75, 3.05) is 18.6 Å². The van der Waals surface area contributed by atoms with Gasteiger partial charge in [0.05, 0.1) is 11.4 Å². The highest BCUT2D eigenvalue weighted by atomic mass is 35.5. The van der Waals surface area contributed by atoms with E-state index in [1.54, 1.807) is 0 Å². The van der Waals surface area contributed by atoms with Gasteiger partial charge >= 0.3 is 5.97 Å². The Morgan fingerprint density at radius 1 is 1.65 bits per heavy atom. The summed E-state index contributed by atoms with van der Waals surface area (Å²) in [6, 6.07) is 1.23. The number of ether oxygens (including phenoxy) is 1. The standard InChI is InChI=1S/C10H12ClNO3S2/c1-15-10(13)8-5-17(14)4-7(12-8)6-2-9(11)16-3-6/h2-3,7-8,12H,4-5H2,1H3. The highest BCUT2D eigenvalue weighted by Gasteiger charge is 2.32. The number of hydrogen-bond acceptors (Lipinski definition) is 5. The Morgan fingerprint density at radius 3 is 3.00 bits per heavy atom. The van der Waals surface area contributed by atoms with Gasteiger partial charge in [-0.05, 0) is 17.0 Å². The molecule has 1 N–H and O–H groups in total. The van der Waals surface area contributed by atoms with E-state index in [1.807, 2.05) is 11.4 Å². The van der Waals surface area contributed by atoms with Gasteiger partial charge < -0.3 is 4.74 Å². The Hall–Kier alpha value is -0.430. The molecular formula is C10H12ClNO3S2. The van der Waals surface area contributed by atoms with E-state index in [0.29, 0.717) is 15.8 Å². The van der Waals surface area contributed by atoms with Crippen LogP contribution in [-0.4, -0.2) is 34.8 Å². The Morgan fingerprint density at radius 2 is 2.41 bits per heavy atom. The molecule has 3 unspecified atom stereocenters. The number of methoxy groups -OCH3 is 1. The number of carbonyl (C=O) groups is 1. The highest BCUT2D eigenvalue weighted by molar-refractivity contribution is 7.85. The molecule has 2 heterocycles. The van der Waals surface area contributed by atoms with Gasteiger partial charge in [-0.3, -0.25) is 14.3 Å². The zero-order valence-corrected chi connectivity index (χ0v) is 11.5. The van der Waals surface area contributed by atoms with E-state index in [1.165, 1.54) is 18.4 Å². The van der Waals surface area contributed by atoms with E-state index in [-0.39, 0.29) is 12.0 Å². The van der Waals surface area contributed by atoms with Crippen molar-refractivity contribution in [1.29, 1.82) is 0 Å². The van der Waals surface area contributed by atoms with Crippen LogP contribution in [0.3, 0.4) is 0 Å². The number of carbonyl (C=O) groups excluding carboxylic acids is 1. The summed E-state index contributed by atoms with van der Waals surface area (Å²) in [6.45, 7) is 0. The van der Waals surface area contributed by atoms with Gasteiger partial charge in [-0.1, -0.05) is 11.6 Å². The van der Waals surface area contributed by atoms with Crippen molar-refractivity contribution in [2.24, 2.45) is 0 Å². The summed E-state index contributed by atoms with van der Waals surface area (Å²) in [5.74, 6) is 0.436. The minimum absolute atomic E-state index is 0.0996. The molecule has 1 aromatic heterocycles. The number of hydrogen-bond donors (Lipinski definition) is 1. The van der Waals surface area contributed by atoms with Gasteiger partial charge in [-0.15, -0.1) is 11.3 Å². The summed E-state index contributed by atoms with van der Waals surface area (Å²) in [5, 5.41) is 5.06. The monoisotopic (exact) mass is 293 g/mol. The van der Waals surface area contributed by atoms with Gasteiger partial charge in [-0.25, -0.2) is 0 Å². The Kier molecular flexibility index (Phi) is 4.19. The van der Waals surface area contributed by atoms with Crippen LogP contribution < -0.4 is 5.32 Å². The molecule has 0 aromatic carbocycles. The summed E-state index contributed by atoms with van der Waals surface area (Å²) >= 11 is 7.29. The van der Waals surface area contributed by atoms with Crippen molar-refractivity contribution in [1.82, 2.24) is 5.32 Å². The molecule has 2 rings (SSSR count). The highest BCUT2D eigenvalue weighted by Crippen LogP contribution is 2.27. The maximum absolute atomic E-state index is 11.7. The van der Waals surface area contributed by atoms with Crippen LogP contribution in [0, 0.1) is 0 Å². The summed E-state index contributed by atoms with van der Waals surface area (Å²) in [5.41, 5.74) is 0.974. The maximum Gasteiger partial charge on any atom is 0.323 e. The number of rotatable bonds is 2. The molecule has 0 bridgehead atoms. The second-order valence-electron chi connectivity index (χ2n) is 3.75. The fourth-order valence-corrected chi connectivity index (χ4v) is 4.10. The zero-order valence-electron chi connectivity index (χ0n) is 9.14. The molecule has 0 amide bonds. The quantitative estimate of drug-likeness (QED) is 0.836. The molecule has 0 spiro atoms. The van der Waals surface area contributed by atoms with Crippen molar-refractivity contribution in [2.45, 2.75) is 12.1 Å². The normalized spacial score (nSPS) is 28.9. The van der Waals surface area contributed by atoms with Crippen LogP contribution in [0.2, 0.25) is 4.34 Å². The third kappa shape index (κ3) is 3.07. The molecule has 0 saturated carbocycles. The van der Waals surface area contributed by atoms with Crippen molar-refractivity contribution >= 4 is 39.7 Å². The van der Waals surface area contributed by atoms with Crippen molar-refractivity contribution in [3.63, 3.8) is 0 Å². The number of halogens is 1. The van der Waals surface area contributed by atoms with Gasteiger partial charge in [-0.2, -0.15) is 0 Å². The lowest BCUT2D eigenvalue weighted by atomic mass is 10.1. The van der Waals surface area contributed by atoms with Crippen LogP contribution in [0.5, 0.6) is 0 Å². The Balaban J connectivity index is 2.13. The van der Waals surface area contributed by atoms with E-state index in [4.69, 9.17) is 11.6 Å². The number of esters is 1. The van der Waals surface area contributed by atoms with Gasteiger partial charge in [0.1, 0.15) is 6.04 Å². The van der Waals surface area contributed by atoms with E-state index < -0.39 is 16.8 Å². The predicted octanol–water partition coefficient (Wildman–Crippen LogP) is 1.34. The predicted molar refractivity (Wildman–Crippen MR) is 68.9 cm³/mol. The lowest BCUT2D eigenvalue weighted by molar-refractivity contribution is -0.142. The van der Waals surface area contributed by atoms with Gasteiger partial charge in [0.15, 0.2) is 0 Å². The third-order valence-corrected chi connectivity index (χ3v) is 5.10. The van der Waals surface area contributed by atoms with Crippen molar-refractivity contribution in [3.8, 4) is 0 Å². The zero-order chi connectivity index (χ0) is 12.4. The van der Waals surface area contributed by atoms with Crippen LogP contribution in [0.4, 0.5) is 0 Å². The van der Waals surface area contributed by atoms with Crippen LogP contribution in [0.25, 0.3) is 0 Å². The lowest BCUT2D eigenvalue weighted by Gasteiger charge is -2.28. The third-order valence-electron chi connectivity index (χ3n) is 2.58. The molecule has 1 fully saturated rings. The molecule has 4 nitrogen and oxygen atoms in total. The second-order valence-corrected chi connectivity index (χ2v) is 6.84. The average Bonchev–Trinajstić information content (AvgIpc) is 2.74. The van der Waals surface area contributed by atoms with Crippen molar-refractivity contribution in [3.05, 3.63) is 21.3 Å². The van der Waals surface area contributed by atoms with Crippen molar-refractivity contribution < 1.29 is 13.7 Å². The van der Waals surface area contributed by atoms with E-state index >= 15 is 0 Å². The first-order valence-corrected chi connectivity index (χ1v) is 7.77. The number of thiophene rings is 1. The molecule has 1 saturated heterocycles. The molecule has 17 heavy (non-hydrogen) atoms. The molecule has 0 aliphatic carbocycles. The molecular weight excluding hydrogens is 282 g/mol. The average molecular weight is 294 g/mol. The molecule has 3 atom stereocenters.